The number of nitrogens with one attached hydrogen (secondary N) is 1. The second-order valence-electron chi connectivity index (χ2n) is 6.30. The van der Waals surface area contributed by atoms with E-state index in [9.17, 15) is 9.59 Å². The Bertz CT molecular complexity index is 807. The second-order valence-corrected chi connectivity index (χ2v) is 6.30. The summed E-state index contributed by atoms with van der Waals surface area (Å²) >= 11 is 0. The smallest absolute Gasteiger partial charge is 0.239 e. The Kier molecular flexibility index (Phi) is 5.96. The van der Waals surface area contributed by atoms with E-state index in [1.807, 2.05) is 55.5 Å². The number of benzene rings is 2. The quantitative estimate of drug-likeness (QED) is 0.763. The van der Waals surface area contributed by atoms with Crippen LogP contribution < -0.4 is 19.7 Å². The van der Waals surface area contributed by atoms with Crippen molar-refractivity contribution in [1.82, 2.24) is 5.32 Å². The van der Waals surface area contributed by atoms with E-state index in [-0.39, 0.29) is 11.8 Å². The fourth-order valence-corrected chi connectivity index (χ4v) is 3.20. The second kappa shape index (κ2) is 8.58. The van der Waals surface area contributed by atoms with Gasteiger partial charge in [-0.25, -0.2) is 0 Å². The number of carbonyl (C=O) groups is 2. The van der Waals surface area contributed by atoms with Crippen molar-refractivity contribution < 1.29 is 19.1 Å². The molecule has 0 unspecified atom stereocenters. The monoisotopic (exact) mass is 368 g/mol. The van der Waals surface area contributed by atoms with Crippen LogP contribution in [-0.2, 0) is 16.1 Å². The molecule has 1 N–H and O–H groups in total. The number of amides is 2. The molecule has 1 heterocycles. The van der Waals surface area contributed by atoms with Crippen LogP contribution in [0.4, 0.5) is 5.69 Å². The molecule has 2 aromatic rings. The van der Waals surface area contributed by atoms with Crippen molar-refractivity contribution in [3.63, 3.8) is 0 Å². The summed E-state index contributed by atoms with van der Waals surface area (Å²) in [6.45, 7) is 3.31. The van der Waals surface area contributed by atoms with Gasteiger partial charge in [0.15, 0.2) is 11.5 Å². The fourth-order valence-electron chi connectivity index (χ4n) is 3.20. The minimum atomic E-state index is -0.644. The molecule has 1 saturated heterocycles. The predicted molar refractivity (Wildman–Crippen MR) is 103 cm³/mol. The molecule has 27 heavy (non-hydrogen) atoms. The zero-order chi connectivity index (χ0) is 19.2. The summed E-state index contributed by atoms with van der Waals surface area (Å²) in [4.78, 5) is 26.8. The van der Waals surface area contributed by atoms with E-state index in [4.69, 9.17) is 9.47 Å². The van der Waals surface area contributed by atoms with E-state index in [0.717, 1.165) is 11.3 Å². The zero-order valence-electron chi connectivity index (χ0n) is 15.6. The summed E-state index contributed by atoms with van der Waals surface area (Å²) in [5.74, 6) is 0.251. The first-order valence-corrected chi connectivity index (χ1v) is 9.08. The van der Waals surface area contributed by atoms with Gasteiger partial charge < -0.3 is 19.7 Å². The minimum Gasteiger partial charge on any atom is -0.493 e. The van der Waals surface area contributed by atoms with Crippen molar-refractivity contribution >= 4 is 17.5 Å². The van der Waals surface area contributed by atoms with Gasteiger partial charge in [0.1, 0.15) is 5.92 Å². The molecule has 0 saturated carbocycles. The van der Waals surface area contributed by atoms with Crippen LogP contribution in [-0.4, -0.2) is 32.1 Å². The van der Waals surface area contributed by atoms with Crippen LogP contribution in [0, 0.1) is 5.92 Å². The van der Waals surface area contributed by atoms with Crippen LogP contribution >= 0.6 is 0 Å². The number of para-hydroxylation sites is 1. The van der Waals surface area contributed by atoms with Crippen molar-refractivity contribution in [3.05, 3.63) is 54.1 Å². The van der Waals surface area contributed by atoms with Gasteiger partial charge in [0.2, 0.25) is 11.8 Å². The first-order chi connectivity index (χ1) is 13.1. The third-order valence-electron chi connectivity index (χ3n) is 4.58. The number of hydrogen-bond donors (Lipinski definition) is 1. The Labute approximate surface area is 159 Å². The van der Waals surface area contributed by atoms with Gasteiger partial charge in [-0.15, -0.1) is 0 Å². The number of methoxy groups -OCH3 is 1. The summed E-state index contributed by atoms with van der Waals surface area (Å²) in [5.41, 5.74) is 1.72. The topological polar surface area (TPSA) is 67.9 Å². The number of carbonyl (C=O) groups excluding carboxylic acids is 2. The molecule has 142 valence electrons. The van der Waals surface area contributed by atoms with Gasteiger partial charge in [0.05, 0.1) is 13.7 Å². The van der Waals surface area contributed by atoms with Crippen molar-refractivity contribution in [3.8, 4) is 11.5 Å². The van der Waals surface area contributed by atoms with Crippen LogP contribution in [0.2, 0.25) is 0 Å². The molecule has 0 bridgehead atoms. The van der Waals surface area contributed by atoms with Gasteiger partial charge in [-0.3, -0.25) is 9.59 Å². The molecule has 3 rings (SSSR count). The third kappa shape index (κ3) is 4.22. The molecule has 2 amide bonds. The standard InChI is InChI=1S/C21H24N2O4/c1-3-27-19-13-15(9-10-18(19)26-2)14-22-20(24)17-11-12-23(21(17)25)16-7-5-4-6-8-16/h4-10,13,17H,3,11-12,14H2,1-2H3,(H,22,24)/t17-/m0/s1. The zero-order valence-corrected chi connectivity index (χ0v) is 15.6. The van der Waals surface area contributed by atoms with Crippen LogP contribution in [0.5, 0.6) is 11.5 Å². The lowest BCUT2D eigenvalue weighted by Crippen LogP contribution is -2.36. The number of hydrogen-bond acceptors (Lipinski definition) is 4. The van der Waals surface area contributed by atoms with Crippen molar-refractivity contribution in [1.29, 1.82) is 0 Å². The van der Waals surface area contributed by atoms with Gasteiger partial charge in [0, 0.05) is 18.8 Å². The van der Waals surface area contributed by atoms with E-state index in [2.05, 4.69) is 5.32 Å². The summed E-state index contributed by atoms with van der Waals surface area (Å²) in [6, 6.07) is 15.0. The summed E-state index contributed by atoms with van der Waals surface area (Å²) < 4.78 is 10.8. The molecule has 1 aliphatic heterocycles. The van der Waals surface area contributed by atoms with Crippen molar-refractivity contribution in [2.24, 2.45) is 5.92 Å². The highest BCUT2D eigenvalue weighted by Gasteiger charge is 2.37. The minimum absolute atomic E-state index is 0.150. The molecule has 0 spiro atoms. The highest BCUT2D eigenvalue weighted by atomic mass is 16.5. The maximum Gasteiger partial charge on any atom is 0.239 e. The van der Waals surface area contributed by atoms with Crippen molar-refractivity contribution in [2.45, 2.75) is 19.9 Å². The Morgan fingerprint density at radius 1 is 1.19 bits per heavy atom. The molecule has 1 atom stereocenters. The normalized spacial score (nSPS) is 16.3. The number of anilines is 1. The van der Waals surface area contributed by atoms with Crippen LogP contribution in [0.15, 0.2) is 48.5 Å². The SMILES string of the molecule is CCOc1cc(CNC(=O)[C@@H]2CCN(c3ccccc3)C2=O)ccc1OC. The van der Waals surface area contributed by atoms with Crippen LogP contribution in [0.25, 0.3) is 0 Å². The Balaban J connectivity index is 1.61. The molecule has 1 aliphatic rings. The highest BCUT2D eigenvalue weighted by molar-refractivity contribution is 6.09. The summed E-state index contributed by atoms with van der Waals surface area (Å²) in [5, 5.41) is 2.87. The lowest BCUT2D eigenvalue weighted by atomic mass is 10.1. The average Bonchev–Trinajstić information content (AvgIpc) is 3.08. The van der Waals surface area contributed by atoms with Crippen LogP contribution in [0.3, 0.4) is 0 Å². The maximum atomic E-state index is 12.6. The van der Waals surface area contributed by atoms with E-state index >= 15 is 0 Å². The average molecular weight is 368 g/mol. The molecule has 6 heteroatoms. The molecule has 0 radical (unpaired) electrons. The van der Waals surface area contributed by atoms with Crippen molar-refractivity contribution in [2.75, 3.05) is 25.2 Å². The first-order valence-electron chi connectivity index (χ1n) is 9.08. The lowest BCUT2D eigenvalue weighted by molar-refractivity contribution is -0.132. The van der Waals surface area contributed by atoms with Gasteiger partial charge in [-0.2, -0.15) is 0 Å². The van der Waals surface area contributed by atoms with E-state index < -0.39 is 5.92 Å². The van der Waals surface area contributed by atoms with Gasteiger partial charge in [-0.05, 0) is 43.2 Å². The Morgan fingerprint density at radius 3 is 2.67 bits per heavy atom. The van der Waals surface area contributed by atoms with Gasteiger partial charge in [0.25, 0.3) is 0 Å². The van der Waals surface area contributed by atoms with E-state index in [1.54, 1.807) is 12.0 Å². The molecule has 6 nitrogen and oxygen atoms in total. The number of nitrogens with zero attached hydrogens (tertiary/aromatic N) is 1. The predicted octanol–water partition coefficient (Wildman–Crippen LogP) is 2.76. The van der Waals surface area contributed by atoms with Gasteiger partial charge >= 0.3 is 0 Å². The largest absolute Gasteiger partial charge is 0.493 e. The summed E-state index contributed by atoms with van der Waals surface area (Å²) in [6.07, 6.45) is 0.520. The fraction of sp³-hybridized carbons (Fsp3) is 0.333. The molecule has 2 aromatic carbocycles. The molecule has 1 fully saturated rings. The third-order valence-corrected chi connectivity index (χ3v) is 4.58. The molecule has 0 aromatic heterocycles. The summed E-state index contributed by atoms with van der Waals surface area (Å²) in [7, 11) is 1.59. The van der Waals surface area contributed by atoms with E-state index in [1.165, 1.54) is 0 Å². The van der Waals surface area contributed by atoms with Crippen LogP contribution in [0.1, 0.15) is 18.9 Å². The first kappa shape index (κ1) is 18.8. The van der Waals surface area contributed by atoms with Gasteiger partial charge in [-0.1, -0.05) is 24.3 Å². The number of rotatable bonds is 7. The number of ether oxygens (including phenoxy) is 2. The molecular weight excluding hydrogens is 344 g/mol. The maximum absolute atomic E-state index is 12.6. The lowest BCUT2D eigenvalue weighted by Gasteiger charge is -2.16. The highest BCUT2D eigenvalue weighted by Crippen LogP contribution is 2.28. The molecule has 0 aliphatic carbocycles. The Hall–Kier alpha value is -3.02. The van der Waals surface area contributed by atoms with E-state index in [0.29, 0.717) is 37.6 Å². The molecular formula is C21H24N2O4. The Morgan fingerprint density at radius 2 is 1.96 bits per heavy atom.